The summed E-state index contributed by atoms with van der Waals surface area (Å²) in [5.74, 6) is 0.474. The summed E-state index contributed by atoms with van der Waals surface area (Å²) in [5.41, 5.74) is 3.04. The fourth-order valence-corrected chi connectivity index (χ4v) is 6.33. The molecule has 1 aromatic heterocycles. The van der Waals surface area contributed by atoms with Crippen molar-refractivity contribution in [2.75, 3.05) is 13.2 Å². The van der Waals surface area contributed by atoms with E-state index in [9.17, 15) is 14.7 Å². The first-order valence-corrected chi connectivity index (χ1v) is 12.2. The Hall–Kier alpha value is -1.92. The number of carbonyl (C=O) groups excluding carboxylic acids is 1. The van der Waals surface area contributed by atoms with Gasteiger partial charge in [-0.2, -0.15) is 0 Å². The number of pyridine rings is 1. The molecule has 3 N–H and O–H groups in total. The zero-order valence-electron chi connectivity index (χ0n) is 18.3. The highest BCUT2D eigenvalue weighted by Crippen LogP contribution is 2.43. The van der Waals surface area contributed by atoms with Gasteiger partial charge in [0, 0.05) is 42.8 Å². The monoisotopic (exact) mass is 425 g/mol. The van der Waals surface area contributed by atoms with Crippen LogP contribution in [-0.4, -0.2) is 34.8 Å². The molecule has 1 saturated heterocycles. The van der Waals surface area contributed by atoms with Crippen LogP contribution >= 0.6 is 0 Å². The summed E-state index contributed by atoms with van der Waals surface area (Å²) in [6, 6.07) is 3.58. The van der Waals surface area contributed by atoms with Gasteiger partial charge in [0.05, 0.1) is 12.1 Å². The van der Waals surface area contributed by atoms with Gasteiger partial charge in [0.2, 0.25) is 5.91 Å². The smallest absolute Gasteiger partial charge is 0.258 e. The van der Waals surface area contributed by atoms with E-state index in [1.54, 1.807) is 0 Å². The summed E-state index contributed by atoms with van der Waals surface area (Å²) < 4.78 is 1.88. The van der Waals surface area contributed by atoms with E-state index in [2.05, 4.69) is 22.8 Å². The van der Waals surface area contributed by atoms with Crippen LogP contribution in [0.3, 0.4) is 0 Å². The molecule has 0 bridgehead atoms. The van der Waals surface area contributed by atoms with Crippen LogP contribution < -0.4 is 16.2 Å². The molecule has 2 aliphatic heterocycles. The Morgan fingerprint density at radius 1 is 1.16 bits per heavy atom. The van der Waals surface area contributed by atoms with E-state index < -0.39 is 6.04 Å². The van der Waals surface area contributed by atoms with Crippen LogP contribution in [0.1, 0.15) is 75.1 Å². The zero-order valence-corrected chi connectivity index (χ0v) is 18.3. The second kappa shape index (κ2) is 8.91. The summed E-state index contributed by atoms with van der Waals surface area (Å²) in [5, 5.41) is 16.8. The number of hydrogen-bond acceptors (Lipinski definition) is 4. The van der Waals surface area contributed by atoms with Gasteiger partial charge < -0.3 is 15.0 Å². The maximum absolute atomic E-state index is 13.2. The number of aliphatic hydroxyl groups excluding tert-OH is 1. The van der Waals surface area contributed by atoms with Crippen LogP contribution in [0.5, 0.6) is 0 Å². The number of hydrogen-bond donors (Lipinski definition) is 3. The van der Waals surface area contributed by atoms with Crippen molar-refractivity contribution in [2.24, 2.45) is 17.8 Å². The average Bonchev–Trinajstić information content (AvgIpc) is 3.36. The van der Waals surface area contributed by atoms with Gasteiger partial charge in [-0.15, -0.1) is 0 Å². The lowest BCUT2D eigenvalue weighted by atomic mass is 9.87. The molecule has 0 spiro atoms. The third kappa shape index (κ3) is 3.89. The first-order valence-electron chi connectivity index (χ1n) is 12.2. The molecule has 2 fully saturated rings. The molecule has 0 unspecified atom stereocenters. The molecule has 2 aliphatic carbocycles. The Kier molecular flexibility index (Phi) is 6.02. The summed E-state index contributed by atoms with van der Waals surface area (Å²) in [7, 11) is 0. The minimum atomic E-state index is -0.395. The number of carbonyl (C=O) groups is 1. The van der Waals surface area contributed by atoms with E-state index in [0.29, 0.717) is 12.5 Å². The van der Waals surface area contributed by atoms with Crippen LogP contribution in [0.2, 0.25) is 0 Å². The summed E-state index contributed by atoms with van der Waals surface area (Å²) in [4.78, 5) is 26.2. The lowest BCUT2D eigenvalue weighted by Gasteiger charge is -2.25. The van der Waals surface area contributed by atoms with Gasteiger partial charge in [0.1, 0.15) is 0 Å². The molecule has 1 amide bonds. The van der Waals surface area contributed by atoms with E-state index in [1.807, 2.05) is 10.6 Å². The fraction of sp³-hybridized carbons (Fsp3) is 0.680. The average molecular weight is 426 g/mol. The third-order valence-corrected chi connectivity index (χ3v) is 8.11. The Labute approximate surface area is 184 Å². The van der Waals surface area contributed by atoms with Crippen molar-refractivity contribution in [1.29, 1.82) is 0 Å². The number of allylic oxidation sites excluding steroid dienone is 2. The molecular weight excluding hydrogens is 390 g/mol. The topological polar surface area (TPSA) is 83.4 Å². The highest BCUT2D eigenvalue weighted by molar-refractivity contribution is 5.82. The quantitative estimate of drug-likeness (QED) is 0.677. The first kappa shape index (κ1) is 21.0. The van der Waals surface area contributed by atoms with E-state index >= 15 is 0 Å². The van der Waals surface area contributed by atoms with Gasteiger partial charge in [0.15, 0.2) is 0 Å². The molecule has 5 rings (SSSR count). The first-order chi connectivity index (χ1) is 15.2. The molecule has 168 valence electrons. The van der Waals surface area contributed by atoms with Crippen molar-refractivity contribution in [2.45, 2.75) is 76.4 Å². The summed E-state index contributed by atoms with van der Waals surface area (Å²) in [6.45, 7) is 1.26. The molecular formula is C25H35N3O3. The minimum Gasteiger partial charge on any atom is -0.396 e. The van der Waals surface area contributed by atoms with Crippen LogP contribution in [0.25, 0.3) is 5.57 Å². The zero-order chi connectivity index (χ0) is 21.4. The van der Waals surface area contributed by atoms with Crippen molar-refractivity contribution in [3.8, 4) is 0 Å². The summed E-state index contributed by atoms with van der Waals surface area (Å²) >= 11 is 0. The Balaban J connectivity index is 1.32. The van der Waals surface area contributed by atoms with Crippen molar-refractivity contribution in [1.82, 2.24) is 15.2 Å². The highest BCUT2D eigenvalue weighted by atomic mass is 16.3. The van der Waals surface area contributed by atoms with Crippen molar-refractivity contribution < 1.29 is 9.90 Å². The van der Waals surface area contributed by atoms with E-state index in [0.717, 1.165) is 37.1 Å². The summed E-state index contributed by atoms with van der Waals surface area (Å²) in [6.07, 6.45) is 12.8. The minimum absolute atomic E-state index is 0.00287. The molecule has 1 aromatic rings. The van der Waals surface area contributed by atoms with E-state index in [-0.39, 0.29) is 36.0 Å². The molecule has 0 aromatic carbocycles. The Morgan fingerprint density at radius 3 is 2.74 bits per heavy atom. The van der Waals surface area contributed by atoms with Gasteiger partial charge in [-0.1, -0.05) is 25.3 Å². The third-order valence-electron chi connectivity index (χ3n) is 8.11. The normalized spacial score (nSPS) is 30.5. The maximum atomic E-state index is 13.2. The molecule has 0 radical (unpaired) electrons. The maximum Gasteiger partial charge on any atom is 0.258 e. The lowest BCUT2D eigenvalue weighted by Crippen LogP contribution is -2.47. The fourth-order valence-electron chi connectivity index (χ4n) is 6.33. The molecule has 6 nitrogen and oxygen atoms in total. The Bertz CT molecular complexity index is 915. The van der Waals surface area contributed by atoms with Crippen LogP contribution in [0.4, 0.5) is 0 Å². The number of aliphatic hydroxyl groups is 1. The second-order valence-electron chi connectivity index (χ2n) is 9.94. The molecule has 31 heavy (non-hydrogen) atoms. The number of aromatic nitrogens is 1. The highest BCUT2D eigenvalue weighted by Gasteiger charge is 2.50. The van der Waals surface area contributed by atoms with Crippen LogP contribution in [-0.2, 0) is 11.3 Å². The van der Waals surface area contributed by atoms with E-state index in [1.165, 1.54) is 44.1 Å². The van der Waals surface area contributed by atoms with E-state index in [4.69, 9.17) is 0 Å². The standard InChI is InChI=1S/C25H35N3O3/c29-15-20-19-14-28-21(12-11-18(25(28)31)17-9-5-2-6-10-17)22(19)27-23(20)24(30)26-13-16-7-3-1-4-8-16/h9,11-12,16,19-20,22-23,27,29H,1-8,10,13-15H2,(H,26,30)/t19-,20-,22+,23-/m1/s1. The van der Waals surface area contributed by atoms with Gasteiger partial charge in [-0.3, -0.25) is 14.9 Å². The second-order valence-corrected chi connectivity index (χ2v) is 9.94. The van der Waals surface area contributed by atoms with Crippen LogP contribution in [0, 0.1) is 17.8 Å². The van der Waals surface area contributed by atoms with Gasteiger partial charge in [-0.25, -0.2) is 0 Å². The number of amides is 1. The van der Waals surface area contributed by atoms with Gasteiger partial charge >= 0.3 is 0 Å². The predicted octanol–water partition coefficient (Wildman–Crippen LogP) is 2.75. The van der Waals surface area contributed by atoms with Crippen molar-refractivity contribution >= 4 is 11.5 Å². The SMILES string of the molecule is O=C(NCC1CCCCC1)[C@@H]1N[C@@H]2c3ccc(C4=CCCCC4)c(=O)n3C[C@@H]2[C@H]1CO. The number of nitrogens with zero attached hydrogens (tertiary/aromatic N) is 1. The molecule has 1 saturated carbocycles. The number of nitrogens with one attached hydrogen (secondary N) is 2. The Morgan fingerprint density at radius 2 is 2.00 bits per heavy atom. The molecule has 6 heteroatoms. The predicted molar refractivity (Wildman–Crippen MR) is 120 cm³/mol. The number of rotatable bonds is 5. The van der Waals surface area contributed by atoms with Crippen molar-refractivity contribution in [3.05, 3.63) is 39.8 Å². The van der Waals surface area contributed by atoms with Gasteiger partial charge in [0.25, 0.3) is 5.56 Å². The lowest BCUT2D eigenvalue weighted by molar-refractivity contribution is -0.124. The molecule has 3 heterocycles. The molecule has 4 aliphatic rings. The largest absolute Gasteiger partial charge is 0.396 e. The van der Waals surface area contributed by atoms with Crippen molar-refractivity contribution in [3.63, 3.8) is 0 Å². The van der Waals surface area contributed by atoms with Gasteiger partial charge in [-0.05, 0) is 62.1 Å². The molecule has 4 atom stereocenters. The number of fused-ring (bicyclic) bond motifs is 3. The van der Waals surface area contributed by atoms with Crippen LogP contribution in [0.15, 0.2) is 23.0 Å².